The molecular formula is C23H23ClF2N6O. The molecule has 3 aromatic rings. The van der Waals surface area contributed by atoms with Gasteiger partial charge in [0, 0.05) is 49.3 Å². The number of rotatable bonds is 5. The van der Waals surface area contributed by atoms with E-state index in [-0.39, 0.29) is 11.9 Å². The number of hydrogen-bond acceptors (Lipinski definition) is 4. The van der Waals surface area contributed by atoms with Gasteiger partial charge in [0.15, 0.2) is 0 Å². The summed E-state index contributed by atoms with van der Waals surface area (Å²) in [6.45, 7) is 1.19. The molecular weight excluding hydrogens is 450 g/mol. The van der Waals surface area contributed by atoms with Crippen LogP contribution in [0.15, 0.2) is 37.1 Å². The van der Waals surface area contributed by atoms with Crippen molar-refractivity contribution in [1.29, 1.82) is 0 Å². The average Bonchev–Trinajstić information content (AvgIpc) is 3.41. The number of aryl methyl sites for hydroxylation is 1. The molecule has 7 nitrogen and oxygen atoms in total. The van der Waals surface area contributed by atoms with E-state index in [1.807, 2.05) is 39.3 Å². The molecule has 1 saturated heterocycles. The first-order valence-corrected chi connectivity index (χ1v) is 11.4. The number of anilines is 1. The van der Waals surface area contributed by atoms with Crippen LogP contribution in [0, 0.1) is 11.8 Å². The molecule has 3 heterocycles. The molecule has 1 aliphatic heterocycles. The van der Waals surface area contributed by atoms with Crippen molar-refractivity contribution >= 4 is 23.2 Å². The maximum Gasteiger partial charge on any atom is 0.272 e. The minimum atomic E-state index is -2.50. The maximum atomic E-state index is 13.5. The molecule has 0 bridgehead atoms. The predicted molar refractivity (Wildman–Crippen MR) is 119 cm³/mol. The Morgan fingerprint density at radius 1 is 1.24 bits per heavy atom. The first-order valence-electron chi connectivity index (χ1n) is 11.0. The van der Waals surface area contributed by atoms with Gasteiger partial charge in [0.05, 0.1) is 36.2 Å². The quantitative estimate of drug-likeness (QED) is 0.617. The highest BCUT2D eigenvalue weighted by Crippen LogP contribution is 2.59. The van der Waals surface area contributed by atoms with Crippen LogP contribution in [0.5, 0.6) is 0 Å². The number of amides is 1. The Balaban J connectivity index is 1.10. The second kappa shape index (κ2) is 7.28. The molecule has 1 saturated carbocycles. The zero-order valence-electron chi connectivity index (χ0n) is 18.0. The SMILES string of the molecule is Cn1cnc2c1CC[C@H]2NC(=O)c1cn(Cc2ccc(N3CC4C(C3)C4(F)F)cc2Cl)cn1. The number of imidazole rings is 2. The Morgan fingerprint density at radius 3 is 2.79 bits per heavy atom. The smallest absolute Gasteiger partial charge is 0.272 e. The van der Waals surface area contributed by atoms with E-state index >= 15 is 0 Å². The first kappa shape index (κ1) is 20.7. The van der Waals surface area contributed by atoms with Crippen LogP contribution in [0.2, 0.25) is 5.02 Å². The number of aromatic nitrogens is 4. The zero-order chi connectivity index (χ0) is 22.9. The fraction of sp³-hybridized carbons (Fsp3) is 0.435. The fourth-order valence-corrected chi connectivity index (χ4v) is 5.43. The lowest BCUT2D eigenvalue weighted by atomic mass is 10.2. The van der Waals surface area contributed by atoms with Gasteiger partial charge in [0.25, 0.3) is 11.8 Å². The highest BCUT2D eigenvalue weighted by molar-refractivity contribution is 6.31. The lowest BCUT2D eigenvalue weighted by Crippen LogP contribution is -2.27. The normalized spacial score (nSPS) is 24.6. The minimum Gasteiger partial charge on any atom is -0.370 e. The Bertz CT molecular complexity index is 1240. The Morgan fingerprint density at radius 2 is 2.03 bits per heavy atom. The molecule has 3 aliphatic rings. The Hall–Kier alpha value is -2.94. The van der Waals surface area contributed by atoms with Crippen molar-refractivity contribution in [3.05, 3.63) is 64.7 Å². The molecule has 172 valence electrons. The molecule has 6 rings (SSSR count). The molecule has 0 radical (unpaired) electrons. The standard InChI is InChI=1S/C23H23ClF2N6O/c1-30-11-28-21-18(4-5-20(21)30)29-22(33)19-10-31(12-27-19)7-13-2-3-14(6-17(13)24)32-8-15-16(9-32)23(15,25)26/h2-3,6,10-12,15-16,18H,4-5,7-9H2,1H3,(H,29,33)/t15?,16?,18-/m1/s1. The predicted octanol–water partition coefficient (Wildman–Crippen LogP) is 3.44. The third-order valence-corrected chi connectivity index (χ3v) is 7.57. The van der Waals surface area contributed by atoms with Gasteiger partial charge < -0.3 is 19.4 Å². The number of benzene rings is 1. The summed E-state index contributed by atoms with van der Waals surface area (Å²) in [5.41, 5.74) is 4.15. The number of fused-ring (bicyclic) bond motifs is 2. The van der Waals surface area contributed by atoms with E-state index in [1.54, 1.807) is 18.9 Å². The second-order valence-corrected chi connectivity index (χ2v) is 9.66. The summed E-state index contributed by atoms with van der Waals surface area (Å²) in [6.07, 6.45) is 6.80. The highest BCUT2D eigenvalue weighted by Gasteiger charge is 2.71. The molecule has 2 unspecified atom stereocenters. The van der Waals surface area contributed by atoms with E-state index in [0.717, 1.165) is 35.5 Å². The van der Waals surface area contributed by atoms with Crippen LogP contribution in [0.4, 0.5) is 14.5 Å². The molecule has 33 heavy (non-hydrogen) atoms. The van der Waals surface area contributed by atoms with Crippen molar-refractivity contribution in [1.82, 2.24) is 24.4 Å². The lowest BCUT2D eigenvalue weighted by molar-refractivity contribution is 0.0797. The third kappa shape index (κ3) is 3.40. The van der Waals surface area contributed by atoms with Crippen molar-refractivity contribution in [2.75, 3.05) is 18.0 Å². The highest BCUT2D eigenvalue weighted by atomic mass is 35.5. The van der Waals surface area contributed by atoms with Gasteiger partial charge in [-0.05, 0) is 30.5 Å². The van der Waals surface area contributed by atoms with Crippen LogP contribution in [0.3, 0.4) is 0 Å². The van der Waals surface area contributed by atoms with Gasteiger partial charge in [-0.15, -0.1) is 0 Å². The van der Waals surface area contributed by atoms with Gasteiger partial charge >= 0.3 is 0 Å². The molecule has 2 aliphatic carbocycles. The van der Waals surface area contributed by atoms with Gasteiger partial charge in [-0.2, -0.15) is 0 Å². The number of hydrogen-bond donors (Lipinski definition) is 1. The molecule has 2 aromatic heterocycles. The molecule has 10 heteroatoms. The molecule has 0 spiro atoms. The fourth-order valence-electron chi connectivity index (χ4n) is 5.20. The Kier molecular flexibility index (Phi) is 4.56. The van der Waals surface area contributed by atoms with Crippen molar-refractivity contribution in [2.45, 2.75) is 31.4 Å². The number of alkyl halides is 2. The first-order chi connectivity index (χ1) is 15.8. The summed E-state index contributed by atoms with van der Waals surface area (Å²) in [5, 5.41) is 3.59. The molecule has 1 N–H and O–H groups in total. The summed E-state index contributed by atoms with van der Waals surface area (Å²) < 4.78 is 30.7. The average molecular weight is 473 g/mol. The van der Waals surface area contributed by atoms with Crippen LogP contribution in [0.25, 0.3) is 0 Å². The van der Waals surface area contributed by atoms with Gasteiger partial charge in [0.2, 0.25) is 0 Å². The number of piperidine rings is 1. The van der Waals surface area contributed by atoms with Crippen LogP contribution in [-0.2, 0) is 20.0 Å². The van der Waals surface area contributed by atoms with Crippen molar-refractivity contribution in [2.24, 2.45) is 18.9 Å². The van der Waals surface area contributed by atoms with Gasteiger partial charge in [-0.3, -0.25) is 4.79 Å². The van der Waals surface area contributed by atoms with Gasteiger partial charge in [-0.25, -0.2) is 18.7 Å². The summed E-state index contributed by atoms with van der Waals surface area (Å²) >= 11 is 6.50. The molecule has 1 amide bonds. The van der Waals surface area contributed by atoms with E-state index < -0.39 is 17.8 Å². The summed E-state index contributed by atoms with van der Waals surface area (Å²) in [5.74, 6) is -3.79. The van der Waals surface area contributed by atoms with Crippen molar-refractivity contribution in [3.63, 3.8) is 0 Å². The molecule has 2 fully saturated rings. The topological polar surface area (TPSA) is 68.0 Å². The Labute approximate surface area is 194 Å². The van der Waals surface area contributed by atoms with Crippen LogP contribution < -0.4 is 10.2 Å². The minimum absolute atomic E-state index is 0.0996. The largest absolute Gasteiger partial charge is 0.370 e. The van der Waals surface area contributed by atoms with Crippen molar-refractivity contribution < 1.29 is 13.6 Å². The van der Waals surface area contributed by atoms with Crippen LogP contribution in [0.1, 0.15) is 39.9 Å². The van der Waals surface area contributed by atoms with E-state index in [0.29, 0.717) is 30.4 Å². The summed E-state index contributed by atoms with van der Waals surface area (Å²) in [7, 11) is 1.96. The van der Waals surface area contributed by atoms with E-state index in [9.17, 15) is 13.6 Å². The lowest BCUT2D eigenvalue weighted by Gasteiger charge is -2.22. The van der Waals surface area contributed by atoms with Gasteiger partial charge in [-0.1, -0.05) is 17.7 Å². The molecule has 1 aromatic carbocycles. The summed E-state index contributed by atoms with van der Waals surface area (Å²) in [6, 6.07) is 5.55. The van der Waals surface area contributed by atoms with Crippen LogP contribution in [-0.4, -0.2) is 44.0 Å². The summed E-state index contributed by atoms with van der Waals surface area (Å²) in [4.78, 5) is 23.3. The number of carbonyl (C=O) groups is 1. The second-order valence-electron chi connectivity index (χ2n) is 9.25. The molecule has 3 atom stereocenters. The third-order valence-electron chi connectivity index (χ3n) is 7.22. The van der Waals surface area contributed by atoms with Gasteiger partial charge in [0.1, 0.15) is 5.69 Å². The van der Waals surface area contributed by atoms with Crippen LogP contribution >= 0.6 is 11.6 Å². The van der Waals surface area contributed by atoms with E-state index in [2.05, 4.69) is 15.3 Å². The number of nitrogens with zero attached hydrogens (tertiary/aromatic N) is 5. The number of nitrogens with one attached hydrogen (secondary N) is 1. The van der Waals surface area contributed by atoms with Crippen molar-refractivity contribution in [3.8, 4) is 0 Å². The monoisotopic (exact) mass is 472 g/mol. The van der Waals surface area contributed by atoms with E-state index in [1.165, 1.54) is 0 Å². The van der Waals surface area contributed by atoms with E-state index in [4.69, 9.17) is 11.6 Å². The number of halogens is 3. The number of carbonyl (C=O) groups excluding carboxylic acids is 1. The zero-order valence-corrected chi connectivity index (χ0v) is 18.8. The maximum absolute atomic E-state index is 13.5.